The van der Waals surface area contributed by atoms with Gasteiger partial charge in [0.25, 0.3) is 0 Å². The summed E-state index contributed by atoms with van der Waals surface area (Å²) >= 11 is 0. The first kappa shape index (κ1) is 17.4. The summed E-state index contributed by atoms with van der Waals surface area (Å²) in [6.45, 7) is 2.20. The van der Waals surface area contributed by atoms with Gasteiger partial charge < -0.3 is 5.11 Å². The third kappa shape index (κ3) is 2.68. The number of fused-ring (bicyclic) bond motifs is 3. The summed E-state index contributed by atoms with van der Waals surface area (Å²) in [7, 11) is 0. The molecule has 0 heterocycles. The molecule has 4 aromatic carbocycles. The van der Waals surface area contributed by atoms with Gasteiger partial charge in [-0.25, -0.2) is 0 Å². The third-order valence-corrected chi connectivity index (χ3v) is 5.94. The molecule has 0 aromatic heterocycles. The van der Waals surface area contributed by atoms with Gasteiger partial charge in [-0.3, -0.25) is 4.99 Å². The lowest BCUT2D eigenvalue weighted by atomic mass is 9.73. The Bertz CT molecular complexity index is 1180. The Morgan fingerprint density at radius 3 is 1.86 bits per heavy atom. The average Bonchev–Trinajstić information content (AvgIpc) is 3.04. The Hall–Kier alpha value is -3.65. The van der Waals surface area contributed by atoms with E-state index in [-0.39, 0.29) is 5.75 Å². The highest BCUT2D eigenvalue weighted by Crippen LogP contribution is 2.54. The molecule has 0 atom stereocenters. The molecule has 5 rings (SSSR count). The van der Waals surface area contributed by atoms with Crippen molar-refractivity contribution in [1.82, 2.24) is 0 Å². The first-order valence-corrected chi connectivity index (χ1v) is 9.80. The molecule has 0 spiro atoms. The molecule has 0 saturated carbocycles. The zero-order chi connectivity index (χ0) is 19.8. The van der Waals surface area contributed by atoms with Gasteiger partial charge in [0.1, 0.15) is 5.75 Å². The smallest absolute Gasteiger partial charge is 0.128 e. The van der Waals surface area contributed by atoms with Crippen molar-refractivity contribution in [2.75, 3.05) is 0 Å². The highest BCUT2D eigenvalue weighted by molar-refractivity contribution is 5.89. The van der Waals surface area contributed by atoms with E-state index in [4.69, 9.17) is 0 Å². The largest absolute Gasteiger partial charge is 0.507 e. The normalized spacial score (nSPS) is 14.0. The summed E-state index contributed by atoms with van der Waals surface area (Å²) in [6, 6.07) is 32.6. The van der Waals surface area contributed by atoms with E-state index >= 15 is 0 Å². The van der Waals surface area contributed by atoms with E-state index in [0.717, 1.165) is 16.8 Å². The lowest BCUT2D eigenvalue weighted by molar-refractivity contribution is 0.457. The lowest BCUT2D eigenvalue weighted by Crippen LogP contribution is -2.22. The molecule has 0 bridgehead atoms. The number of aromatic hydroxyl groups is 1. The van der Waals surface area contributed by atoms with Crippen LogP contribution in [0, 0.1) is 0 Å². The second-order valence-electron chi connectivity index (χ2n) is 7.55. The molecule has 140 valence electrons. The van der Waals surface area contributed by atoms with Crippen LogP contribution in [0.15, 0.2) is 102 Å². The molecule has 1 aliphatic rings. The predicted molar refractivity (Wildman–Crippen MR) is 119 cm³/mol. The highest BCUT2D eigenvalue weighted by Gasteiger charge is 2.42. The molecule has 0 amide bonds. The second kappa shape index (κ2) is 6.75. The van der Waals surface area contributed by atoms with Gasteiger partial charge in [-0.1, -0.05) is 78.9 Å². The summed E-state index contributed by atoms with van der Waals surface area (Å²) in [5, 5.41) is 11.3. The van der Waals surface area contributed by atoms with Crippen LogP contribution < -0.4 is 0 Å². The molecular weight excluding hydrogens is 354 g/mol. The van der Waals surface area contributed by atoms with Crippen molar-refractivity contribution in [2.24, 2.45) is 4.99 Å². The number of para-hydroxylation sites is 2. The summed E-state index contributed by atoms with van der Waals surface area (Å²) in [4.78, 5) is 4.53. The topological polar surface area (TPSA) is 32.6 Å². The Morgan fingerprint density at radius 1 is 0.655 bits per heavy atom. The second-order valence-corrected chi connectivity index (χ2v) is 7.55. The van der Waals surface area contributed by atoms with E-state index in [9.17, 15) is 5.11 Å². The quantitative estimate of drug-likeness (QED) is 0.409. The number of hydrogen-bond acceptors (Lipinski definition) is 2. The van der Waals surface area contributed by atoms with E-state index in [0.29, 0.717) is 0 Å². The Kier molecular flexibility index (Phi) is 4.06. The summed E-state index contributed by atoms with van der Waals surface area (Å²) in [5.74, 6) is 0.279. The molecule has 1 N–H and O–H groups in total. The molecule has 4 aromatic rings. The van der Waals surface area contributed by atoms with Crippen LogP contribution in [0.25, 0.3) is 11.1 Å². The predicted octanol–water partition coefficient (Wildman–Crippen LogP) is 6.48. The minimum atomic E-state index is -0.423. The molecular formula is C27H21NO. The van der Waals surface area contributed by atoms with E-state index < -0.39 is 5.41 Å². The van der Waals surface area contributed by atoms with Gasteiger partial charge in [-0.2, -0.15) is 0 Å². The third-order valence-electron chi connectivity index (χ3n) is 5.94. The van der Waals surface area contributed by atoms with Gasteiger partial charge in [-0.05, 0) is 47.4 Å². The van der Waals surface area contributed by atoms with Crippen molar-refractivity contribution < 1.29 is 5.11 Å². The van der Waals surface area contributed by atoms with Crippen molar-refractivity contribution in [1.29, 1.82) is 0 Å². The maximum atomic E-state index is 11.3. The molecule has 0 fully saturated rings. The number of benzene rings is 4. The number of phenols is 1. The van der Waals surface area contributed by atoms with Gasteiger partial charge in [0.05, 0.1) is 5.69 Å². The Morgan fingerprint density at radius 2 is 1.21 bits per heavy atom. The molecule has 0 saturated heterocycles. The lowest BCUT2D eigenvalue weighted by Gasteiger charge is -2.29. The number of aliphatic imine (C=N–C) groups is 1. The van der Waals surface area contributed by atoms with E-state index in [2.05, 4.69) is 60.4 Å². The molecule has 1 aliphatic carbocycles. The van der Waals surface area contributed by atoms with Gasteiger partial charge in [-0.15, -0.1) is 0 Å². The first-order chi connectivity index (χ1) is 14.2. The fourth-order valence-corrected chi connectivity index (χ4v) is 4.47. The van der Waals surface area contributed by atoms with Crippen LogP contribution in [0.1, 0.15) is 29.2 Å². The fourth-order valence-electron chi connectivity index (χ4n) is 4.47. The van der Waals surface area contributed by atoms with Crippen LogP contribution in [0.3, 0.4) is 0 Å². The highest BCUT2D eigenvalue weighted by atomic mass is 16.3. The van der Waals surface area contributed by atoms with Crippen LogP contribution in [-0.2, 0) is 5.41 Å². The van der Waals surface area contributed by atoms with Gasteiger partial charge in [0, 0.05) is 22.8 Å². The van der Waals surface area contributed by atoms with Gasteiger partial charge in [0.15, 0.2) is 0 Å². The van der Waals surface area contributed by atoms with Crippen molar-refractivity contribution in [3.05, 3.63) is 119 Å². The number of hydrogen-bond donors (Lipinski definition) is 1. The average molecular weight is 375 g/mol. The standard InChI is InChI=1S/C27H21NO/c1-27(23-15-7-5-13-21(23)22-14-6-8-16-24(22)27)25-17-9-10-19(26(25)29)18-28-20-11-3-2-4-12-20/h2-18,29H,1H3/b28-18+. The van der Waals surface area contributed by atoms with E-state index in [1.54, 1.807) is 6.21 Å². The van der Waals surface area contributed by atoms with Crippen LogP contribution in [-0.4, -0.2) is 11.3 Å². The van der Waals surface area contributed by atoms with Crippen molar-refractivity contribution >= 4 is 11.9 Å². The van der Waals surface area contributed by atoms with Crippen LogP contribution in [0.5, 0.6) is 5.75 Å². The Labute approximate surface area is 170 Å². The van der Waals surface area contributed by atoms with Crippen LogP contribution >= 0.6 is 0 Å². The maximum Gasteiger partial charge on any atom is 0.128 e. The fraction of sp³-hybridized carbons (Fsp3) is 0.0741. The van der Waals surface area contributed by atoms with Gasteiger partial charge >= 0.3 is 0 Å². The van der Waals surface area contributed by atoms with Crippen molar-refractivity contribution in [3.63, 3.8) is 0 Å². The minimum Gasteiger partial charge on any atom is -0.507 e. The number of rotatable bonds is 3. The number of phenolic OH excluding ortho intramolecular Hbond substituents is 1. The monoisotopic (exact) mass is 375 g/mol. The molecule has 0 unspecified atom stereocenters. The number of nitrogens with zero attached hydrogens (tertiary/aromatic N) is 1. The molecule has 29 heavy (non-hydrogen) atoms. The molecule has 0 aliphatic heterocycles. The van der Waals surface area contributed by atoms with Crippen molar-refractivity contribution in [2.45, 2.75) is 12.3 Å². The SMILES string of the molecule is CC1(c2cccc(/C=N/c3ccccc3)c2O)c2ccccc2-c2ccccc21. The zero-order valence-electron chi connectivity index (χ0n) is 16.2. The zero-order valence-corrected chi connectivity index (χ0v) is 16.2. The minimum absolute atomic E-state index is 0.279. The maximum absolute atomic E-state index is 11.3. The van der Waals surface area contributed by atoms with Crippen LogP contribution in [0.2, 0.25) is 0 Å². The molecule has 2 nitrogen and oxygen atoms in total. The summed E-state index contributed by atoms with van der Waals surface area (Å²) in [6.07, 6.45) is 1.74. The first-order valence-electron chi connectivity index (χ1n) is 9.80. The van der Waals surface area contributed by atoms with Gasteiger partial charge in [0.2, 0.25) is 0 Å². The van der Waals surface area contributed by atoms with E-state index in [1.807, 2.05) is 48.5 Å². The van der Waals surface area contributed by atoms with Crippen molar-refractivity contribution in [3.8, 4) is 16.9 Å². The molecule has 2 heteroatoms. The summed E-state index contributed by atoms with van der Waals surface area (Å²) < 4.78 is 0. The van der Waals surface area contributed by atoms with E-state index in [1.165, 1.54) is 22.3 Å². The van der Waals surface area contributed by atoms with Crippen LogP contribution in [0.4, 0.5) is 5.69 Å². The summed E-state index contributed by atoms with van der Waals surface area (Å²) in [5.41, 5.74) is 6.94. The molecule has 0 radical (unpaired) electrons. The Balaban J connectivity index is 1.68.